The summed E-state index contributed by atoms with van der Waals surface area (Å²) in [6.07, 6.45) is -4.81. The highest BCUT2D eigenvalue weighted by atomic mass is 19.4. The maximum absolute atomic E-state index is 11.7. The summed E-state index contributed by atoms with van der Waals surface area (Å²) in [6.45, 7) is 1.76. The Hall–Kier alpha value is -1.20. The minimum absolute atomic E-state index is 0.124. The third-order valence-electron chi connectivity index (χ3n) is 1.29. The number of hydrogen-bond acceptors (Lipinski definition) is 3. The van der Waals surface area contributed by atoms with Gasteiger partial charge in [-0.3, -0.25) is 0 Å². The zero-order valence-corrected chi connectivity index (χ0v) is 7.73. The molecule has 0 aromatic carbocycles. The minimum Gasteiger partial charge on any atom is -0.463 e. The van der Waals surface area contributed by atoms with Crippen molar-refractivity contribution in [3.8, 4) is 0 Å². The second kappa shape index (κ2) is 5.51. The first kappa shape index (κ1) is 12.8. The molecule has 14 heavy (non-hydrogen) atoms. The van der Waals surface area contributed by atoms with Gasteiger partial charge in [0, 0.05) is 18.2 Å². The molecule has 0 aromatic rings. The van der Waals surface area contributed by atoms with Gasteiger partial charge in [-0.15, -0.1) is 0 Å². The summed E-state index contributed by atoms with van der Waals surface area (Å²) in [5.41, 5.74) is 5.05. The second-order valence-corrected chi connectivity index (χ2v) is 2.59. The van der Waals surface area contributed by atoms with Crippen molar-refractivity contribution in [1.29, 1.82) is 0 Å². The zero-order chi connectivity index (χ0) is 11.2. The number of halogens is 3. The number of hydrogen-bond donors (Lipinski definition) is 1. The van der Waals surface area contributed by atoms with Crippen molar-refractivity contribution in [3.63, 3.8) is 0 Å². The standard InChI is InChI=1S/C8H12F3NO2/c1-2-14-7(13)5-6(12)3-4-8(9,10)11/h5H,2-4,12H2,1H3/b6-5-. The summed E-state index contributed by atoms with van der Waals surface area (Å²) in [5.74, 6) is -0.716. The first-order chi connectivity index (χ1) is 6.35. The maximum atomic E-state index is 11.7. The summed E-state index contributed by atoms with van der Waals surface area (Å²) >= 11 is 0. The Morgan fingerprint density at radius 1 is 1.50 bits per heavy atom. The normalized spacial score (nSPS) is 12.7. The van der Waals surface area contributed by atoms with E-state index in [-0.39, 0.29) is 18.7 Å². The van der Waals surface area contributed by atoms with Gasteiger partial charge in [-0.2, -0.15) is 13.2 Å². The summed E-state index contributed by atoms with van der Waals surface area (Å²) in [4.78, 5) is 10.7. The fourth-order valence-corrected chi connectivity index (χ4v) is 0.694. The van der Waals surface area contributed by atoms with Gasteiger partial charge in [0.2, 0.25) is 0 Å². The first-order valence-corrected chi connectivity index (χ1v) is 4.04. The zero-order valence-electron chi connectivity index (χ0n) is 7.73. The average Bonchev–Trinajstić information content (AvgIpc) is 2.00. The van der Waals surface area contributed by atoms with Crippen LogP contribution in [0.2, 0.25) is 0 Å². The molecule has 0 saturated carbocycles. The molecule has 0 atom stereocenters. The number of allylic oxidation sites excluding steroid dienone is 1. The molecule has 0 rings (SSSR count). The van der Waals surface area contributed by atoms with Crippen LogP contribution in [-0.2, 0) is 9.53 Å². The Bertz CT molecular complexity index is 223. The SMILES string of the molecule is CCOC(=O)/C=C(\N)CCC(F)(F)F. The minimum atomic E-state index is -4.26. The lowest BCUT2D eigenvalue weighted by Gasteiger charge is -2.05. The number of rotatable bonds is 4. The van der Waals surface area contributed by atoms with E-state index in [1.165, 1.54) is 0 Å². The van der Waals surface area contributed by atoms with Crippen molar-refractivity contribution >= 4 is 5.97 Å². The quantitative estimate of drug-likeness (QED) is 0.569. The van der Waals surface area contributed by atoms with Crippen LogP contribution in [0.3, 0.4) is 0 Å². The van der Waals surface area contributed by atoms with Crippen LogP contribution in [0.15, 0.2) is 11.8 Å². The van der Waals surface area contributed by atoms with E-state index in [9.17, 15) is 18.0 Å². The molecule has 3 nitrogen and oxygen atoms in total. The first-order valence-electron chi connectivity index (χ1n) is 4.04. The number of esters is 1. The van der Waals surface area contributed by atoms with Crippen LogP contribution in [0.4, 0.5) is 13.2 Å². The van der Waals surface area contributed by atoms with E-state index in [4.69, 9.17) is 5.73 Å². The van der Waals surface area contributed by atoms with Crippen molar-refractivity contribution < 1.29 is 22.7 Å². The molecule has 0 unspecified atom stereocenters. The van der Waals surface area contributed by atoms with E-state index in [2.05, 4.69) is 4.74 Å². The van der Waals surface area contributed by atoms with Gasteiger partial charge < -0.3 is 10.5 Å². The predicted molar refractivity (Wildman–Crippen MR) is 44.2 cm³/mol. The van der Waals surface area contributed by atoms with Crippen molar-refractivity contribution in [2.75, 3.05) is 6.61 Å². The molecule has 0 spiro atoms. The summed E-state index contributed by atoms with van der Waals surface area (Å²) in [5, 5.41) is 0. The van der Waals surface area contributed by atoms with Crippen LogP contribution in [0.25, 0.3) is 0 Å². The van der Waals surface area contributed by atoms with Crippen molar-refractivity contribution in [1.82, 2.24) is 0 Å². The van der Waals surface area contributed by atoms with Gasteiger partial charge >= 0.3 is 12.1 Å². The fourth-order valence-electron chi connectivity index (χ4n) is 0.694. The highest BCUT2D eigenvalue weighted by Crippen LogP contribution is 2.22. The Kier molecular flexibility index (Phi) is 5.04. The molecule has 0 aromatic heterocycles. The molecular formula is C8H12F3NO2. The van der Waals surface area contributed by atoms with E-state index in [1.807, 2.05) is 0 Å². The van der Waals surface area contributed by atoms with E-state index in [1.54, 1.807) is 6.92 Å². The van der Waals surface area contributed by atoms with Gasteiger partial charge in [0.15, 0.2) is 0 Å². The number of carbonyl (C=O) groups excluding carboxylic acids is 1. The molecule has 0 heterocycles. The number of nitrogens with two attached hydrogens (primary N) is 1. The number of ether oxygens (including phenoxy) is 1. The van der Waals surface area contributed by atoms with Crippen molar-refractivity contribution in [2.24, 2.45) is 5.73 Å². The van der Waals surface area contributed by atoms with E-state index in [0.717, 1.165) is 6.08 Å². The number of carbonyl (C=O) groups is 1. The second-order valence-electron chi connectivity index (χ2n) is 2.59. The lowest BCUT2D eigenvalue weighted by Crippen LogP contribution is -2.11. The topological polar surface area (TPSA) is 52.3 Å². The lowest BCUT2D eigenvalue weighted by molar-refractivity contribution is -0.138. The molecule has 0 bridgehead atoms. The van der Waals surface area contributed by atoms with E-state index >= 15 is 0 Å². The average molecular weight is 211 g/mol. The smallest absolute Gasteiger partial charge is 0.389 e. The highest BCUT2D eigenvalue weighted by Gasteiger charge is 2.26. The van der Waals surface area contributed by atoms with Crippen molar-refractivity contribution in [2.45, 2.75) is 25.9 Å². The predicted octanol–water partition coefficient (Wildman–Crippen LogP) is 1.73. The third kappa shape index (κ3) is 7.45. The largest absolute Gasteiger partial charge is 0.463 e. The molecule has 82 valence electrons. The Morgan fingerprint density at radius 2 is 2.07 bits per heavy atom. The monoisotopic (exact) mass is 211 g/mol. The van der Waals surface area contributed by atoms with Gasteiger partial charge in [0.05, 0.1) is 6.61 Å². The Balaban J connectivity index is 3.95. The summed E-state index contributed by atoms with van der Waals surface area (Å²) in [6, 6.07) is 0. The molecule has 0 amide bonds. The van der Waals surface area contributed by atoms with Crippen LogP contribution in [0, 0.1) is 0 Å². The van der Waals surface area contributed by atoms with Crippen LogP contribution in [-0.4, -0.2) is 18.8 Å². The molecule has 6 heteroatoms. The lowest BCUT2D eigenvalue weighted by atomic mass is 10.2. The molecule has 0 fully saturated rings. The van der Waals surface area contributed by atoms with Gasteiger partial charge in [0.25, 0.3) is 0 Å². The molecular weight excluding hydrogens is 199 g/mol. The molecule has 0 radical (unpaired) electrons. The third-order valence-corrected chi connectivity index (χ3v) is 1.29. The van der Waals surface area contributed by atoms with Crippen LogP contribution in [0.5, 0.6) is 0 Å². The highest BCUT2D eigenvalue weighted by molar-refractivity contribution is 5.82. The summed E-state index contributed by atoms with van der Waals surface area (Å²) < 4.78 is 39.6. The van der Waals surface area contributed by atoms with E-state index < -0.39 is 18.6 Å². The van der Waals surface area contributed by atoms with Crippen LogP contribution < -0.4 is 5.73 Å². The molecule has 2 N–H and O–H groups in total. The van der Waals surface area contributed by atoms with E-state index in [0.29, 0.717) is 0 Å². The van der Waals surface area contributed by atoms with Gasteiger partial charge in [-0.25, -0.2) is 4.79 Å². The molecule has 0 saturated heterocycles. The van der Waals surface area contributed by atoms with Crippen LogP contribution >= 0.6 is 0 Å². The maximum Gasteiger partial charge on any atom is 0.389 e. The fraction of sp³-hybridized carbons (Fsp3) is 0.625. The molecule has 0 aliphatic heterocycles. The van der Waals surface area contributed by atoms with Crippen molar-refractivity contribution in [3.05, 3.63) is 11.8 Å². The summed E-state index contributed by atoms with van der Waals surface area (Å²) in [7, 11) is 0. The van der Waals surface area contributed by atoms with Gasteiger partial charge in [0.1, 0.15) is 0 Å². The van der Waals surface area contributed by atoms with Gasteiger partial charge in [-0.1, -0.05) is 0 Å². The molecule has 0 aliphatic carbocycles. The molecule has 0 aliphatic rings. The van der Waals surface area contributed by atoms with Gasteiger partial charge in [-0.05, 0) is 13.3 Å². The Labute approximate surface area is 79.7 Å². The number of alkyl halides is 3. The Morgan fingerprint density at radius 3 is 2.50 bits per heavy atom. The van der Waals surface area contributed by atoms with Crippen LogP contribution in [0.1, 0.15) is 19.8 Å².